The van der Waals surface area contributed by atoms with E-state index in [-0.39, 0.29) is 12.6 Å². The van der Waals surface area contributed by atoms with Crippen molar-refractivity contribution in [2.45, 2.75) is 6.10 Å². The van der Waals surface area contributed by atoms with Crippen molar-refractivity contribution in [2.24, 2.45) is 0 Å². The third kappa shape index (κ3) is 2.18. The lowest BCUT2D eigenvalue weighted by Gasteiger charge is -2.10. The van der Waals surface area contributed by atoms with Gasteiger partial charge in [0.15, 0.2) is 17.3 Å². The smallest absolute Gasteiger partial charge is 0.231 e. The summed E-state index contributed by atoms with van der Waals surface area (Å²) in [5, 5.41) is 10.1. The number of rotatable bonds is 3. The van der Waals surface area contributed by atoms with Crippen molar-refractivity contribution >= 4 is 5.78 Å². The highest BCUT2D eigenvalue weighted by atomic mass is 16.7. The van der Waals surface area contributed by atoms with Gasteiger partial charge < -0.3 is 14.6 Å². The zero-order valence-corrected chi connectivity index (χ0v) is 10.1. The summed E-state index contributed by atoms with van der Waals surface area (Å²) in [6.07, 6.45) is -1.17. The van der Waals surface area contributed by atoms with Crippen LogP contribution >= 0.6 is 0 Å². The van der Waals surface area contributed by atoms with E-state index in [1.54, 1.807) is 42.5 Å². The molecule has 0 amide bonds. The van der Waals surface area contributed by atoms with Crippen molar-refractivity contribution < 1.29 is 19.4 Å². The number of hydrogen-bond acceptors (Lipinski definition) is 4. The molecule has 0 aromatic heterocycles. The number of ketones is 1. The van der Waals surface area contributed by atoms with Gasteiger partial charge in [-0.15, -0.1) is 0 Å². The molecule has 1 N–H and O–H groups in total. The summed E-state index contributed by atoms with van der Waals surface area (Å²) >= 11 is 0. The number of fused-ring (bicyclic) bond motifs is 1. The van der Waals surface area contributed by atoms with Gasteiger partial charge in [-0.1, -0.05) is 30.3 Å². The molecule has 1 aliphatic heterocycles. The predicted octanol–water partition coefficient (Wildman–Crippen LogP) is 2.33. The maximum atomic E-state index is 12.2. The molecule has 0 bridgehead atoms. The number of Topliss-reactive ketones (excluding diaryl/α,β-unsaturated/α-hetero) is 1. The molecule has 4 nitrogen and oxygen atoms in total. The van der Waals surface area contributed by atoms with E-state index in [1.807, 2.05) is 6.07 Å². The molecule has 96 valence electrons. The predicted molar refractivity (Wildman–Crippen MR) is 68.3 cm³/mol. The monoisotopic (exact) mass is 256 g/mol. The Bertz CT molecular complexity index is 607. The Morgan fingerprint density at radius 2 is 1.79 bits per heavy atom. The summed E-state index contributed by atoms with van der Waals surface area (Å²) in [7, 11) is 0. The number of ether oxygens (including phenoxy) is 2. The number of carbonyl (C=O) groups is 1. The van der Waals surface area contributed by atoms with Gasteiger partial charge in [-0.2, -0.15) is 0 Å². The van der Waals surface area contributed by atoms with Gasteiger partial charge in [0.1, 0.15) is 6.10 Å². The van der Waals surface area contributed by atoms with Crippen LogP contribution in [0.4, 0.5) is 0 Å². The third-order valence-corrected chi connectivity index (χ3v) is 3.02. The Kier molecular flexibility index (Phi) is 2.93. The first-order valence-electron chi connectivity index (χ1n) is 5.92. The number of aliphatic hydroxyl groups is 1. The molecule has 3 rings (SSSR count). The summed E-state index contributed by atoms with van der Waals surface area (Å²) < 4.78 is 10.4. The van der Waals surface area contributed by atoms with Gasteiger partial charge >= 0.3 is 0 Å². The number of hydrogen-bond donors (Lipinski definition) is 1. The first kappa shape index (κ1) is 11.7. The Morgan fingerprint density at radius 1 is 1.05 bits per heavy atom. The van der Waals surface area contributed by atoms with Crippen LogP contribution in [0.1, 0.15) is 22.0 Å². The molecule has 0 unspecified atom stereocenters. The molecular formula is C15H12O4. The zero-order chi connectivity index (χ0) is 13.2. The second-order valence-corrected chi connectivity index (χ2v) is 4.25. The molecule has 4 heteroatoms. The van der Waals surface area contributed by atoms with E-state index in [1.165, 1.54) is 0 Å². The maximum Gasteiger partial charge on any atom is 0.231 e. The molecule has 0 spiro atoms. The molecule has 0 radical (unpaired) electrons. The topological polar surface area (TPSA) is 55.8 Å². The quantitative estimate of drug-likeness (QED) is 0.856. The molecule has 0 fully saturated rings. The second-order valence-electron chi connectivity index (χ2n) is 4.25. The average Bonchev–Trinajstić information content (AvgIpc) is 2.94. The van der Waals surface area contributed by atoms with Crippen molar-refractivity contribution in [3.05, 3.63) is 59.7 Å². The van der Waals surface area contributed by atoms with Crippen LogP contribution in [0, 0.1) is 0 Å². The standard InChI is InChI=1S/C15H12O4/c16-14(10-4-2-1-3-5-10)15(17)11-6-7-12-13(8-11)19-9-18-12/h1-8,14,16H,9H2/t14-/m0/s1. The largest absolute Gasteiger partial charge is 0.454 e. The normalized spacial score (nSPS) is 14.2. The Morgan fingerprint density at radius 3 is 2.58 bits per heavy atom. The molecular weight excluding hydrogens is 244 g/mol. The lowest BCUT2D eigenvalue weighted by molar-refractivity contribution is 0.0747. The summed E-state index contributed by atoms with van der Waals surface area (Å²) in [5.41, 5.74) is 0.978. The van der Waals surface area contributed by atoms with Crippen molar-refractivity contribution in [3.63, 3.8) is 0 Å². The highest BCUT2D eigenvalue weighted by molar-refractivity contribution is 6.00. The van der Waals surface area contributed by atoms with Crippen molar-refractivity contribution in [1.82, 2.24) is 0 Å². The highest BCUT2D eigenvalue weighted by Gasteiger charge is 2.22. The van der Waals surface area contributed by atoms with Gasteiger partial charge in [0, 0.05) is 5.56 Å². The zero-order valence-electron chi connectivity index (χ0n) is 10.1. The minimum Gasteiger partial charge on any atom is -0.454 e. The fourth-order valence-electron chi connectivity index (χ4n) is 1.99. The van der Waals surface area contributed by atoms with Gasteiger partial charge in [-0.05, 0) is 23.8 Å². The number of aliphatic hydroxyl groups excluding tert-OH is 1. The van der Waals surface area contributed by atoms with E-state index < -0.39 is 6.10 Å². The van der Waals surface area contributed by atoms with Gasteiger partial charge in [-0.25, -0.2) is 0 Å². The van der Waals surface area contributed by atoms with Crippen molar-refractivity contribution in [1.29, 1.82) is 0 Å². The molecule has 1 atom stereocenters. The molecule has 0 saturated heterocycles. The van der Waals surface area contributed by atoms with Crippen LogP contribution in [0.3, 0.4) is 0 Å². The minimum absolute atomic E-state index is 0.161. The molecule has 1 heterocycles. The van der Waals surface area contributed by atoms with E-state index in [4.69, 9.17) is 9.47 Å². The highest BCUT2D eigenvalue weighted by Crippen LogP contribution is 2.33. The van der Waals surface area contributed by atoms with Crippen LogP contribution in [0.15, 0.2) is 48.5 Å². The van der Waals surface area contributed by atoms with Gasteiger partial charge in [0.25, 0.3) is 0 Å². The number of carbonyl (C=O) groups excluding carboxylic acids is 1. The summed E-state index contributed by atoms with van der Waals surface area (Å²) in [5.74, 6) is 0.793. The van der Waals surface area contributed by atoms with E-state index in [2.05, 4.69) is 0 Å². The minimum atomic E-state index is -1.17. The van der Waals surface area contributed by atoms with Crippen LogP contribution in [0.5, 0.6) is 11.5 Å². The van der Waals surface area contributed by atoms with Crippen molar-refractivity contribution in [2.75, 3.05) is 6.79 Å². The van der Waals surface area contributed by atoms with Crippen LogP contribution in [-0.4, -0.2) is 17.7 Å². The van der Waals surface area contributed by atoms with E-state index in [9.17, 15) is 9.90 Å². The van der Waals surface area contributed by atoms with Crippen LogP contribution in [0.25, 0.3) is 0 Å². The molecule has 0 aliphatic carbocycles. The van der Waals surface area contributed by atoms with Gasteiger partial charge in [-0.3, -0.25) is 4.79 Å². The fraction of sp³-hybridized carbons (Fsp3) is 0.133. The molecule has 2 aromatic carbocycles. The molecule has 2 aromatic rings. The van der Waals surface area contributed by atoms with E-state index >= 15 is 0 Å². The summed E-state index contributed by atoms with van der Waals surface area (Å²) in [6.45, 7) is 0.161. The Balaban J connectivity index is 1.88. The first-order chi connectivity index (χ1) is 9.25. The van der Waals surface area contributed by atoms with E-state index in [0.717, 1.165) is 0 Å². The lowest BCUT2D eigenvalue weighted by atomic mass is 10.00. The molecule has 19 heavy (non-hydrogen) atoms. The van der Waals surface area contributed by atoms with E-state index in [0.29, 0.717) is 22.6 Å². The molecule has 0 saturated carbocycles. The van der Waals surface area contributed by atoms with Gasteiger partial charge in [0.05, 0.1) is 0 Å². The molecule has 1 aliphatic rings. The van der Waals surface area contributed by atoms with Crippen LogP contribution in [-0.2, 0) is 0 Å². The summed E-state index contributed by atoms with van der Waals surface area (Å²) in [4.78, 5) is 12.2. The van der Waals surface area contributed by atoms with Crippen LogP contribution in [0.2, 0.25) is 0 Å². The fourth-order valence-corrected chi connectivity index (χ4v) is 1.99. The maximum absolute atomic E-state index is 12.2. The lowest BCUT2D eigenvalue weighted by Crippen LogP contribution is -2.12. The summed E-state index contributed by atoms with van der Waals surface area (Å²) in [6, 6.07) is 13.7. The Labute approximate surface area is 110 Å². The number of benzene rings is 2. The third-order valence-electron chi connectivity index (χ3n) is 3.02. The van der Waals surface area contributed by atoms with Crippen LogP contribution < -0.4 is 9.47 Å². The van der Waals surface area contributed by atoms with Crippen molar-refractivity contribution in [3.8, 4) is 11.5 Å². The SMILES string of the molecule is O=C(c1ccc2c(c1)OCO2)[C@@H](O)c1ccccc1. The average molecular weight is 256 g/mol. The van der Waals surface area contributed by atoms with Gasteiger partial charge in [0.2, 0.25) is 6.79 Å². The first-order valence-corrected chi connectivity index (χ1v) is 5.92. The Hall–Kier alpha value is -2.33. The second kappa shape index (κ2) is 4.74.